The number of hydrogen-bond donors (Lipinski definition) is 1. The maximum absolute atomic E-state index is 12.9. The molecular weight excluding hydrogens is 326 g/mol. The molecule has 1 aromatic carbocycles. The molecule has 4 rings (SSSR count). The Kier molecular flexibility index (Phi) is 5.60. The van der Waals surface area contributed by atoms with Crippen LogP contribution in [-0.4, -0.2) is 31.3 Å². The topological polar surface area (TPSA) is 47.6 Å². The fourth-order valence-electron chi connectivity index (χ4n) is 5.43. The van der Waals surface area contributed by atoms with Crippen LogP contribution in [0, 0.1) is 17.8 Å². The van der Waals surface area contributed by atoms with E-state index in [0.29, 0.717) is 36.6 Å². The summed E-state index contributed by atoms with van der Waals surface area (Å²) in [5.74, 6) is 1.20. The summed E-state index contributed by atoms with van der Waals surface area (Å²) in [4.78, 5) is 12.9. The third-order valence-electron chi connectivity index (χ3n) is 6.85. The van der Waals surface area contributed by atoms with Gasteiger partial charge in [0, 0.05) is 19.2 Å². The summed E-state index contributed by atoms with van der Waals surface area (Å²) in [6, 6.07) is 10.8. The number of methoxy groups -OCH3 is 1. The van der Waals surface area contributed by atoms with Crippen molar-refractivity contribution in [3.05, 3.63) is 35.9 Å². The number of benzene rings is 1. The molecule has 1 N–H and O–H groups in total. The number of esters is 1. The first-order valence-corrected chi connectivity index (χ1v) is 10.2. The summed E-state index contributed by atoms with van der Waals surface area (Å²) in [7, 11) is 1.81. The van der Waals surface area contributed by atoms with Crippen molar-refractivity contribution in [3.8, 4) is 0 Å². The van der Waals surface area contributed by atoms with Crippen molar-refractivity contribution in [1.29, 1.82) is 0 Å². The normalized spacial score (nSPS) is 36.2. The van der Waals surface area contributed by atoms with E-state index in [1.807, 2.05) is 37.4 Å². The van der Waals surface area contributed by atoms with Gasteiger partial charge in [-0.2, -0.15) is 0 Å². The maximum atomic E-state index is 12.9. The first-order valence-electron chi connectivity index (χ1n) is 10.2. The predicted molar refractivity (Wildman–Crippen MR) is 101 cm³/mol. The van der Waals surface area contributed by atoms with E-state index in [-0.39, 0.29) is 11.9 Å². The molecule has 0 heterocycles. The van der Waals surface area contributed by atoms with Gasteiger partial charge in [0.1, 0.15) is 6.61 Å². The SMILES string of the molecule is COC1CCC(N[C@H]2[C@H]3CC[C@@H](C3)[C@H]2C(=O)OCc2ccccc2)CC1. The Balaban J connectivity index is 1.35. The lowest BCUT2D eigenvalue weighted by molar-refractivity contribution is -0.153. The third kappa shape index (κ3) is 3.81. The molecule has 3 saturated carbocycles. The molecule has 0 unspecified atom stereocenters. The van der Waals surface area contributed by atoms with Crippen molar-refractivity contribution < 1.29 is 14.3 Å². The molecule has 2 bridgehead atoms. The summed E-state index contributed by atoms with van der Waals surface area (Å²) in [6.45, 7) is 0.388. The van der Waals surface area contributed by atoms with Crippen LogP contribution in [0.3, 0.4) is 0 Å². The van der Waals surface area contributed by atoms with Gasteiger partial charge < -0.3 is 14.8 Å². The van der Waals surface area contributed by atoms with E-state index in [4.69, 9.17) is 9.47 Å². The first-order chi connectivity index (χ1) is 12.7. The largest absolute Gasteiger partial charge is 0.461 e. The Morgan fingerprint density at radius 3 is 2.50 bits per heavy atom. The molecular formula is C22H31NO3. The molecule has 3 fully saturated rings. The van der Waals surface area contributed by atoms with Gasteiger partial charge in [-0.15, -0.1) is 0 Å². The molecule has 0 aromatic heterocycles. The van der Waals surface area contributed by atoms with E-state index in [1.165, 1.54) is 19.3 Å². The molecule has 0 aliphatic heterocycles. The van der Waals surface area contributed by atoms with Crippen LogP contribution in [0.25, 0.3) is 0 Å². The molecule has 1 aromatic rings. The summed E-state index contributed by atoms with van der Waals surface area (Å²) in [6.07, 6.45) is 8.60. The second kappa shape index (κ2) is 8.10. The number of rotatable bonds is 6. The van der Waals surface area contributed by atoms with Gasteiger partial charge in [-0.1, -0.05) is 30.3 Å². The van der Waals surface area contributed by atoms with E-state index in [0.717, 1.165) is 31.2 Å². The second-order valence-corrected chi connectivity index (χ2v) is 8.35. The van der Waals surface area contributed by atoms with Gasteiger partial charge in [-0.05, 0) is 62.3 Å². The van der Waals surface area contributed by atoms with Crippen LogP contribution in [0.1, 0.15) is 50.5 Å². The zero-order chi connectivity index (χ0) is 17.9. The number of fused-ring (bicyclic) bond motifs is 2. The standard InChI is InChI=1S/C22H31NO3/c1-25-19-11-9-18(10-12-19)23-21-17-8-7-16(13-17)20(21)22(24)26-14-15-5-3-2-4-6-15/h2-6,16-21,23H,7-14H2,1H3/t16-,17-,18?,19?,20+,21-/m0/s1. The van der Waals surface area contributed by atoms with Crippen molar-refractivity contribution in [1.82, 2.24) is 5.32 Å². The maximum Gasteiger partial charge on any atom is 0.311 e. The molecule has 0 saturated heterocycles. The van der Waals surface area contributed by atoms with Gasteiger partial charge in [-0.3, -0.25) is 4.79 Å². The molecule has 26 heavy (non-hydrogen) atoms. The Morgan fingerprint density at radius 1 is 1.04 bits per heavy atom. The fraction of sp³-hybridized carbons (Fsp3) is 0.682. The van der Waals surface area contributed by atoms with Crippen LogP contribution in [0.4, 0.5) is 0 Å². The van der Waals surface area contributed by atoms with Gasteiger partial charge in [0.2, 0.25) is 0 Å². The smallest absolute Gasteiger partial charge is 0.311 e. The van der Waals surface area contributed by atoms with Crippen molar-refractivity contribution in [2.24, 2.45) is 17.8 Å². The number of ether oxygens (including phenoxy) is 2. The average molecular weight is 357 g/mol. The van der Waals surface area contributed by atoms with Gasteiger partial charge in [0.25, 0.3) is 0 Å². The molecule has 142 valence electrons. The lowest BCUT2D eigenvalue weighted by atomic mass is 9.82. The highest BCUT2D eigenvalue weighted by Crippen LogP contribution is 2.49. The molecule has 0 amide bonds. The number of carbonyl (C=O) groups is 1. The lowest BCUT2D eigenvalue weighted by Gasteiger charge is -2.36. The molecule has 3 aliphatic carbocycles. The number of nitrogens with one attached hydrogen (secondary N) is 1. The molecule has 4 nitrogen and oxygen atoms in total. The van der Waals surface area contributed by atoms with E-state index in [2.05, 4.69) is 5.32 Å². The number of carbonyl (C=O) groups excluding carboxylic acids is 1. The van der Waals surface area contributed by atoms with Crippen LogP contribution in [-0.2, 0) is 20.9 Å². The summed E-state index contributed by atoms with van der Waals surface area (Å²) in [5.41, 5.74) is 1.06. The number of hydrogen-bond acceptors (Lipinski definition) is 4. The average Bonchev–Trinajstić information content (AvgIpc) is 3.29. The monoisotopic (exact) mass is 357 g/mol. The van der Waals surface area contributed by atoms with Crippen LogP contribution in [0.5, 0.6) is 0 Å². The summed E-state index contributed by atoms with van der Waals surface area (Å²) in [5, 5.41) is 3.87. The minimum Gasteiger partial charge on any atom is -0.461 e. The fourth-order valence-corrected chi connectivity index (χ4v) is 5.43. The highest BCUT2D eigenvalue weighted by atomic mass is 16.5. The first kappa shape index (κ1) is 18.0. The summed E-state index contributed by atoms with van der Waals surface area (Å²) < 4.78 is 11.2. The molecule has 4 heteroatoms. The van der Waals surface area contributed by atoms with Gasteiger partial charge in [0.15, 0.2) is 0 Å². The van der Waals surface area contributed by atoms with Crippen molar-refractivity contribution in [2.75, 3.05) is 7.11 Å². The predicted octanol–water partition coefficient (Wildman–Crippen LogP) is 3.69. The third-order valence-corrected chi connectivity index (χ3v) is 6.85. The highest BCUT2D eigenvalue weighted by Gasteiger charge is 2.52. The molecule has 4 atom stereocenters. The highest BCUT2D eigenvalue weighted by molar-refractivity contribution is 5.74. The van der Waals surface area contributed by atoms with Gasteiger partial charge >= 0.3 is 5.97 Å². The van der Waals surface area contributed by atoms with E-state index in [1.54, 1.807) is 0 Å². The Hall–Kier alpha value is -1.39. The molecule has 0 radical (unpaired) electrons. The lowest BCUT2D eigenvalue weighted by Crippen LogP contribution is -2.50. The Bertz CT molecular complexity index is 597. The minimum atomic E-state index is 0.00382. The zero-order valence-corrected chi connectivity index (χ0v) is 15.7. The van der Waals surface area contributed by atoms with Crippen LogP contribution >= 0.6 is 0 Å². The molecule has 0 spiro atoms. The van der Waals surface area contributed by atoms with Gasteiger partial charge in [-0.25, -0.2) is 0 Å². The van der Waals surface area contributed by atoms with Gasteiger partial charge in [0.05, 0.1) is 12.0 Å². The van der Waals surface area contributed by atoms with E-state index < -0.39 is 0 Å². The van der Waals surface area contributed by atoms with Crippen molar-refractivity contribution in [2.45, 2.75) is 69.7 Å². The minimum absolute atomic E-state index is 0.00382. The van der Waals surface area contributed by atoms with E-state index >= 15 is 0 Å². The zero-order valence-electron chi connectivity index (χ0n) is 15.7. The second-order valence-electron chi connectivity index (χ2n) is 8.35. The quantitative estimate of drug-likeness (QED) is 0.789. The Morgan fingerprint density at radius 2 is 1.77 bits per heavy atom. The molecule has 3 aliphatic rings. The summed E-state index contributed by atoms with van der Waals surface area (Å²) >= 11 is 0. The van der Waals surface area contributed by atoms with E-state index in [9.17, 15) is 4.79 Å². The van der Waals surface area contributed by atoms with Crippen molar-refractivity contribution >= 4 is 5.97 Å². The van der Waals surface area contributed by atoms with Crippen LogP contribution in [0.2, 0.25) is 0 Å². The Labute approximate surface area is 156 Å². The van der Waals surface area contributed by atoms with Crippen LogP contribution in [0.15, 0.2) is 30.3 Å². The van der Waals surface area contributed by atoms with Crippen LogP contribution < -0.4 is 5.32 Å². The van der Waals surface area contributed by atoms with Crippen molar-refractivity contribution in [3.63, 3.8) is 0 Å².